The van der Waals surface area contributed by atoms with E-state index in [1.807, 2.05) is 103 Å². The summed E-state index contributed by atoms with van der Waals surface area (Å²) >= 11 is 0. The minimum absolute atomic E-state index is 0.259. The second kappa shape index (κ2) is 15.1. The molecule has 4 nitrogen and oxygen atoms in total. The molecule has 2 heterocycles. The van der Waals surface area contributed by atoms with Gasteiger partial charge in [0.15, 0.2) is 17.5 Å². The fourth-order valence-electron chi connectivity index (χ4n) is 9.63. The molecule has 322 valence electrons. The van der Waals surface area contributed by atoms with E-state index in [4.69, 9.17) is 15.0 Å². The average Bonchev–Trinajstić information content (AvgIpc) is 3.79. The quantitative estimate of drug-likeness (QED) is 0.156. The maximum Gasteiger partial charge on any atom is 0.416 e. The number of hydrogen-bond donors (Lipinski definition) is 0. The molecule has 0 spiro atoms. The van der Waals surface area contributed by atoms with Crippen molar-refractivity contribution in [2.75, 3.05) is 0 Å². The number of para-hydroxylation sites is 1. The molecule has 0 unspecified atom stereocenters. The first-order valence-electron chi connectivity index (χ1n) is 21.3. The summed E-state index contributed by atoms with van der Waals surface area (Å²) in [6.07, 6.45) is -9.20. The minimum atomic E-state index is -4.60. The Bertz CT molecular complexity index is 3360. The third-order valence-corrected chi connectivity index (χ3v) is 12.7. The van der Waals surface area contributed by atoms with Crippen LogP contribution >= 0.6 is 0 Å². The summed E-state index contributed by atoms with van der Waals surface area (Å²) in [5.74, 6) is 1.03. The van der Waals surface area contributed by atoms with Crippen LogP contribution in [-0.4, -0.2) is 19.5 Å². The highest BCUT2D eigenvalue weighted by molar-refractivity contribution is 6.15. The van der Waals surface area contributed by atoms with E-state index in [1.54, 1.807) is 0 Å². The molecule has 0 saturated heterocycles. The molecule has 0 saturated carbocycles. The molecule has 10 heteroatoms. The summed E-state index contributed by atoms with van der Waals surface area (Å²) in [7, 11) is 0. The first-order valence-corrected chi connectivity index (χ1v) is 21.3. The first kappa shape index (κ1) is 40.9. The molecule has 0 amide bonds. The maximum absolute atomic E-state index is 14.2. The topological polar surface area (TPSA) is 43.6 Å². The fourth-order valence-corrected chi connectivity index (χ4v) is 9.63. The van der Waals surface area contributed by atoms with E-state index in [2.05, 4.69) is 48.7 Å². The molecular weight excluding hydrogens is 843 g/mol. The average molecular weight is 879 g/mol. The van der Waals surface area contributed by atoms with Gasteiger partial charge >= 0.3 is 12.4 Å². The number of halogens is 6. The van der Waals surface area contributed by atoms with E-state index in [1.165, 1.54) is 29.8 Å². The van der Waals surface area contributed by atoms with Crippen molar-refractivity contribution in [3.8, 4) is 73.2 Å². The summed E-state index contributed by atoms with van der Waals surface area (Å²) < 4.78 is 87.2. The lowest BCUT2D eigenvalue weighted by Crippen LogP contribution is -2.15. The summed E-state index contributed by atoms with van der Waals surface area (Å²) in [6.45, 7) is 4.42. The molecule has 66 heavy (non-hydrogen) atoms. The summed E-state index contributed by atoms with van der Waals surface area (Å²) in [5.41, 5.74) is 8.49. The summed E-state index contributed by atoms with van der Waals surface area (Å²) in [5, 5.41) is 1.95. The van der Waals surface area contributed by atoms with Gasteiger partial charge in [-0.3, -0.25) is 0 Å². The van der Waals surface area contributed by atoms with Gasteiger partial charge in [-0.1, -0.05) is 147 Å². The van der Waals surface area contributed by atoms with Crippen LogP contribution in [0.15, 0.2) is 182 Å². The van der Waals surface area contributed by atoms with Crippen LogP contribution in [0.2, 0.25) is 0 Å². The van der Waals surface area contributed by atoms with Crippen molar-refractivity contribution in [3.05, 3.63) is 204 Å². The molecule has 0 radical (unpaired) electrons. The Hall–Kier alpha value is -7.85. The SMILES string of the molecule is CC1(C)c2ccccc2-c2ccc3c(c21)c1ccccc1n3-c1c(-c2ccc(C(F)(F)F)cc2)cc(-c2nc(-c3ccccc3)nc(-c3ccccc3)n2)cc1-c1ccc(C(F)(F)F)cc1. The van der Waals surface area contributed by atoms with Gasteiger partial charge in [0.05, 0.1) is 27.8 Å². The molecule has 10 aromatic rings. The zero-order chi connectivity index (χ0) is 45.5. The van der Waals surface area contributed by atoms with Gasteiger partial charge in [0, 0.05) is 44.0 Å². The maximum atomic E-state index is 14.2. The Morgan fingerprint density at radius 3 is 1.41 bits per heavy atom. The number of nitrogens with zero attached hydrogens (tertiary/aromatic N) is 4. The number of fused-ring (bicyclic) bond motifs is 7. The van der Waals surface area contributed by atoms with Crippen molar-refractivity contribution in [2.45, 2.75) is 31.6 Å². The van der Waals surface area contributed by atoms with Crippen LogP contribution in [-0.2, 0) is 17.8 Å². The minimum Gasteiger partial charge on any atom is -0.308 e. The molecule has 0 N–H and O–H groups in total. The van der Waals surface area contributed by atoms with Crippen LogP contribution < -0.4 is 0 Å². The van der Waals surface area contributed by atoms with E-state index in [-0.39, 0.29) is 5.82 Å². The van der Waals surface area contributed by atoms with Gasteiger partial charge in [-0.25, -0.2) is 15.0 Å². The van der Waals surface area contributed by atoms with Gasteiger partial charge in [-0.2, -0.15) is 26.3 Å². The van der Waals surface area contributed by atoms with Crippen molar-refractivity contribution < 1.29 is 26.3 Å². The molecular formula is C56H36F6N4. The number of hydrogen-bond acceptors (Lipinski definition) is 3. The predicted octanol–water partition coefficient (Wildman–Crippen LogP) is 15.6. The zero-order valence-corrected chi connectivity index (χ0v) is 35.4. The molecule has 1 aliphatic carbocycles. The van der Waals surface area contributed by atoms with Crippen molar-refractivity contribution >= 4 is 21.8 Å². The van der Waals surface area contributed by atoms with Crippen molar-refractivity contribution in [1.82, 2.24) is 19.5 Å². The lowest BCUT2D eigenvalue weighted by molar-refractivity contribution is -0.138. The van der Waals surface area contributed by atoms with Crippen LogP contribution in [0.4, 0.5) is 26.3 Å². The fraction of sp³-hybridized carbons (Fsp3) is 0.0893. The Kier molecular flexibility index (Phi) is 9.37. The smallest absolute Gasteiger partial charge is 0.308 e. The normalized spacial score (nSPS) is 13.3. The third-order valence-electron chi connectivity index (χ3n) is 12.7. The van der Waals surface area contributed by atoms with Gasteiger partial charge in [0.25, 0.3) is 0 Å². The Balaban J connectivity index is 1.27. The highest BCUT2D eigenvalue weighted by Crippen LogP contribution is 2.54. The molecule has 11 rings (SSSR count). The molecule has 1 aliphatic rings. The van der Waals surface area contributed by atoms with E-state index in [0.717, 1.165) is 73.9 Å². The number of aromatic nitrogens is 4. The molecule has 0 fully saturated rings. The van der Waals surface area contributed by atoms with Gasteiger partial charge in [-0.15, -0.1) is 0 Å². The van der Waals surface area contributed by atoms with Crippen LogP contribution in [0.25, 0.3) is 95.0 Å². The Morgan fingerprint density at radius 1 is 0.409 bits per heavy atom. The Labute approximate surface area is 375 Å². The number of rotatable bonds is 6. The standard InChI is InChI=1S/C56H36F6N4/c1-54(2)45-19-11-9-17-40(45)41-29-30-47-48(49(41)54)42-18-10-12-20-46(42)66(47)50-43(33-21-25-38(26-22-33)55(57,58)59)31-37(32-44(50)34-23-27-39(28-24-34)56(60,61)62)53-64-51(35-13-5-3-6-14-35)63-52(65-53)36-15-7-4-8-16-36/h3-32H,1-2H3. The molecule has 0 aliphatic heterocycles. The molecule has 8 aromatic carbocycles. The van der Waals surface area contributed by atoms with E-state index in [9.17, 15) is 26.3 Å². The first-order chi connectivity index (χ1) is 31.8. The van der Waals surface area contributed by atoms with Gasteiger partial charge in [-0.05, 0) is 81.9 Å². The predicted molar refractivity (Wildman–Crippen MR) is 249 cm³/mol. The monoisotopic (exact) mass is 878 g/mol. The van der Waals surface area contributed by atoms with Crippen molar-refractivity contribution in [1.29, 1.82) is 0 Å². The van der Waals surface area contributed by atoms with Crippen LogP contribution in [0.5, 0.6) is 0 Å². The number of alkyl halides is 6. The van der Waals surface area contributed by atoms with Crippen LogP contribution in [0.3, 0.4) is 0 Å². The lowest BCUT2D eigenvalue weighted by Gasteiger charge is -2.23. The lowest BCUT2D eigenvalue weighted by atomic mass is 9.80. The van der Waals surface area contributed by atoms with Crippen LogP contribution in [0.1, 0.15) is 36.1 Å². The number of benzene rings is 8. The van der Waals surface area contributed by atoms with Gasteiger partial charge in [0.2, 0.25) is 0 Å². The van der Waals surface area contributed by atoms with Gasteiger partial charge < -0.3 is 4.57 Å². The van der Waals surface area contributed by atoms with Gasteiger partial charge in [0.1, 0.15) is 0 Å². The summed E-state index contributed by atoms with van der Waals surface area (Å²) in [4.78, 5) is 14.9. The zero-order valence-electron chi connectivity index (χ0n) is 35.4. The highest BCUT2D eigenvalue weighted by atomic mass is 19.4. The second-order valence-corrected chi connectivity index (χ2v) is 17.0. The van der Waals surface area contributed by atoms with Crippen molar-refractivity contribution in [3.63, 3.8) is 0 Å². The van der Waals surface area contributed by atoms with Crippen molar-refractivity contribution in [2.24, 2.45) is 0 Å². The van der Waals surface area contributed by atoms with Crippen LogP contribution in [0, 0.1) is 0 Å². The Morgan fingerprint density at radius 2 is 0.879 bits per heavy atom. The molecule has 0 atom stereocenters. The van der Waals surface area contributed by atoms with E-state index < -0.39 is 28.9 Å². The van der Waals surface area contributed by atoms with E-state index in [0.29, 0.717) is 45.2 Å². The second-order valence-electron chi connectivity index (χ2n) is 17.0. The van der Waals surface area contributed by atoms with E-state index >= 15 is 0 Å². The summed E-state index contributed by atoms with van der Waals surface area (Å²) in [6, 6.07) is 53.0. The molecule has 0 bridgehead atoms. The largest absolute Gasteiger partial charge is 0.416 e. The third kappa shape index (κ3) is 6.74. The molecule has 2 aromatic heterocycles. The highest BCUT2D eigenvalue weighted by Gasteiger charge is 2.39.